The number of aryl methyl sites for hydroxylation is 2. The summed E-state index contributed by atoms with van der Waals surface area (Å²) in [4.78, 5) is 13.1. The van der Waals surface area contributed by atoms with E-state index in [9.17, 15) is 21.6 Å². The lowest BCUT2D eigenvalue weighted by Gasteiger charge is -2.09. The van der Waals surface area contributed by atoms with Gasteiger partial charge >= 0.3 is 0 Å². The van der Waals surface area contributed by atoms with Gasteiger partial charge in [0, 0.05) is 11.8 Å². The second-order valence-electron chi connectivity index (χ2n) is 8.12. The van der Waals surface area contributed by atoms with Crippen LogP contribution >= 0.6 is 0 Å². The summed E-state index contributed by atoms with van der Waals surface area (Å²) >= 11 is 0. The molecule has 7 nitrogen and oxygen atoms in total. The van der Waals surface area contributed by atoms with Crippen LogP contribution in [0.25, 0.3) is 5.52 Å². The van der Waals surface area contributed by atoms with E-state index in [2.05, 4.69) is 0 Å². The van der Waals surface area contributed by atoms with Crippen molar-refractivity contribution in [1.82, 2.24) is 4.40 Å². The summed E-state index contributed by atoms with van der Waals surface area (Å²) in [5, 5.41) is 0. The molecule has 2 aromatic heterocycles. The van der Waals surface area contributed by atoms with Gasteiger partial charge < -0.3 is 9.14 Å². The maximum absolute atomic E-state index is 13.7. The predicted octanol–water partition coefficient (Wildman–Crippen LogP) is 4.16. The number of hydrogen-bond acceptors (Lipinski definition) is 6. The largest absolute Gasteiger partial charge is 0.497 e. The number of fused-ring (bicyclic) bond motifs is 1. The third-order valence-electron chi connectivity index (χ3n) is 5.40. The highest BCUT2D eigenvalue weighted by molar-refractivity contribution is 7.94. The average Bonchev–Trinajstić information content (AvgIpc) is 3.10. The topological polar surface area (TPSA) is 99.0 Å². The van der Waals surface area contributed by atoms with Gasteiger partial charge in [-0.15, -0.1) is 0 Å². The molecule has 0 aliphatic carbocycles. The zero-order chi connectivity index (χ0) is 24.6. The van der Waals surface area contributed by atoms with Gasteiger partial charge in [-0.3, -0.25) is 4.79 Å². The van der Waals surface area contributed by atoms with Gasteiger partial charge in [0.15, 0.2) is 19.7 Å². The number of methoxy groups -OCH3 is 1. The molecule has 0 unspecified atom stereocenters. The van der Waals surface area contributed by atoms with Crippen LogP contribution in [0, 0.1) is 13.8 Å². The monoisotopic (exact) mass is 491 g/mol. The fraction of sp³-hybridized carbons (Fsp3) is 0.375. The van der Waals surface area contributed by atoms with Gasteiger partial charge in [-0.1, -0.05) is 19.9 Å². The van der Waals surface area contributed by atoms with Crippen molar-refractivity contribution in [1.29, 1.82) is 0 Å². The van der Waals surface area contributed by atoms with E-state index in [0.29, 0.717) is 17.7 Å². The van der Waals surface area contributed by atoms with E-state index in [1.54, 1.807) is 57.3 Å². The molecule has 3 rings (SSSR count). The van der Waals surface area contributed by atoms with Gasteiger partial charge in [0.1, 0.15) is 21.2 Å². The molecule has 1 aromatic carbocycles. The maximum atomic E-state index is 13.7. The molecule has 0 fully saturated rings. The van der Waals surface area contributed by atoms with Crippen LogP contribution < -0.4 is 4.74 Å². The minimum atomic E-state index is -4.08. The Morgan fingerprint density at radius 1 is 0.909 bits per heavy atom. The van der Waals surface area contributed by atoms with Crippen LogP contribution in [0.4, 0.5) is 0 Å². The number of ketones is 1. The SMILES string of the molecule is CCCS(=O)(=O)c1c(S(=O)(=O)CCC)c2c(C)cc(C)cn2c1C(=O)c1ccc(OC)cc1. The quantitative estimate of drug-likeness (QED) is 0.417. The van der Waals surface area contributed by atoms with Crippen LogP contribution in [0.2, 0.25) is 0 Å². The molecule has 0 atom stereocenters. The lowest BCUT2D eigenvalue weighted by molar-refractivity contribution is 0.103. The predicted molar refractivity (Wildman–Crippen MR) is 128 cm³/mol. The first-order chi connectivity index (χ1) is 15.5. The Labute approximate surface area is 195 Å². The number of carbonyl (C=O) groups is 1. The normalized spacial score (nSPS) is 12.3. The fourth-order valence-corrected chi connectivity index (χ4v) is 8.15. The van der Waals surface area contributed by atoms with Crippen LogP contribution in [-0.4, -0.2) is 45.6 Å². The van der Waals surface area contributed by atoms with E-state index < -0.39 is 30.4 Å². The van der Waals surface area contributed by atoms with Crippen molar-refractivity contribution >= 4 is 31.0 Å². The van der Waals surface area contributed by atoms with Gasteiger partial charge in [0.05, 0.1) is 24.1 Å². The molecule has 178 valence electrons. The molecule has 0 amide bonds. The first kappa shape index (κ1) is 25.0. The number of ether oxygens (including phenoxy) is 1. The Morgan fingerprint density at radius 3 is 1.97 bits per heavy atom. The summed E-state index contributed by atoms with van der Waals surface area (Å²) < 4.78 is 60.4. The van der Waals surface area contributed by atoms with Crippen molar-refractivity contribution in [3.05, 3.63) is 58.9 Å². The average molecular weight is 492 g/mol. The summed E-state index contributed by atoms with van der Waals surface area (Å²) in [6, 6.07) is 8.08. The Bertz CT molecular complexity index is 1420. The molecule has 0 aliphatic rings. The maximum Gasteiger partial charge on any atom is 0.211 e. The molecule has 0 radical (unpaired) electrons. The van der Waals surface area contributed by atoms with Crippen LogP contribution in [-0.2, 0) is 19.7 Å². The second-order valence-corrected chi connectivity index (χ2v) is 12.2. The number of sulfone groups is 2. The van der Waals surface area contributed by atoms with E-state index in [4.69, 9.17) is 4.74 Å². The van der Waals surface area contributed by atoms with Crippen LogP contribution in [0.15, 0.2) is 46.3 Å². The van der Waals surface area contributed by atoms with E-state index in [0.717, 1.165) is 5.56 Å². The number of pyridine rings is 1. The van der Waals surface area contributed by atoms with E-state index in [1.807, 2.05) is 6.92 Å². The summed E-state index contributed by atoms with van der Waals surface area (Å²) in [5.74, 6) is -0.502. The second kappa shape index (κ2) is 9.30. The lowest BCUT2D eigenvalue weighted by atomic mass is 10.1. The standard InChI is InChI=1S/C24H29NO6S2/c1-6-12-32(27,28)23-20-17(4)14-16(3)15-25(20)21(24(23)33(29,30)13-7-2)22(26)18-8-10-19(31-5)11-9-18/h8-11,14-15H,6-7,12-13H2,1-5H3. The molecule has 0 spiro atoms. The van der Waals surface area contributed by atoms with Gasteiger partial charge in [0.2, 0.25) is 5.78 Å². The number of nitrogens with zero attached hydrogens (tertiary/aromatic N) is 1. The van der Waals surface area contributed by atoms with Crippen molar-refractivity contribution in [3.63, 3.8) is 0 Å². The molecule has 3 aromatic rings. The number of hydrogen-bond donors (Lipinski definition) is 0. The van der Waals surface area contributed by atoms with Gasteiger partial charge in [-0.2, -0.15) is 0 Å². The van der Waals surface area contributed by atoms with E-state index >= 15 is 0 Å². The van der Waals surface area contributed by atoms with Crippen molar-refractivity contribution in [2.45, 2.75) is 50.3 Å². The zero-order valence-electron chi connectivity index (χ0n) is 19.5. The van der Waals surface area contributed by atoms with E-state index in [-0.39, 0.29) is 39.6 Å². The Hall–Kier alpha value is -2.65. The van der Waals surface area contributed by atoms with Crippen LogP contribution in [0.1, 0.15) is 53.9 Å². The van der Waals surface area contributed by atoms with E-state index in [1.165, 1.54) is 11.5 Å². The first-order valence-electron chi connectivity index (χ1n) is 10.8. The highest BCUT2D eigenvalue weighted by atomic mass is 32.2. The summed E-state index contributed by atoms with van der Waals surface area (Å²) in [6.45, 7) is 6.96. The number of rotatable bonds is 9. The van der Waals surface area contributed by atoms with Crippen LogP contribution in [0.5, 0.6) is 5.75 Å². The Morgan fingerprint density at radius 2 is 1.45 bits per heavy atom. The number of aromatic nitrogens is 1. The van der Waals surface area contributed by atoms with Crippen LogP contribution in [0.3, 0.4) is 0 Å². The number of benzene rings is 1. The van der Waals surface area contributed by atoms with Crippen molar-refractivity contribution in [2.75, 3.05) is 18.6 Å². The molecule has 2 heterocycles. The third-order valence-corrected chi connectivity index (χ3v) is 9.46. The molecule has 0 aliphatic heterocycles. The van der Waals surface area contributed by atoms with Gasteiger partial charge in [-0.25, -0.2) is 16.8 Å². The minimum absolute atomic E-state index is 0.148. The van der Waals surface area contributed by atoms with Gasteiger partial charge in [0.25, 0.3) is 0 Å². The van der Waals surface area contributed by atoms with Gasteiger partial charge in [-0.05, 0) is 62.1 Å². The molecule has 9 heteroatoms. The highest BCUT2D eigenvalue weighted by Crippen LogP contribution is 2.37. The van der Waals surface area contributed by atoms with Crippen molar-refractivity contribution in [3.8, 4) is 5.75 Å². The minimum Gasteiger partial charge on any atom is -0.497 e. The molecule has 0 saturated heterocycles. The Kier molecular flexibility index (Phi) is 7.04. The Balaban J connectivity index is 2.54. The number of carbonyl (C=O) groups excluding carboxylic acids is 1. The van der Waals surface area contributed by atoms with Crippen molar-refractivity contribution in [2.24, 2.45) is 0 Å². The summed E-state index contributed by atoms with van der Waals surface area (Å²) in [6.07, 6.45) is 2.23. The molecular formula is C24H29NO6S2. The molecular weight excluding hydrogens is 462 g/mol. The first-order valence-corrected chi connectivity index (χ1v) is 14.1. The molecule has 0 N–H and O–H groups in total. The smallest absolute Gasteiger partial charge is 0.211 e. The fourth-order valence-electron chi connectivity index (χ4n) is 4.10. The molecule has 0 bridgehead atoms. The highest BCUT2D eigenvalue weighted by Gasteiger charge is 2.37. The lowest BCUT2D eigenvalue weighted by Crippen LogP contribution is -2.17. The third kappa shape index (κ3) is 4.56. The summed E-state index contributed by atoms with van der Waals surface area (Å²) in [7, 11) is -6.55. The molecule has 0 saturated carbocycles. The summed E-state index contributed by atoms with van der Waals surface area (Å²) in [5.41, 5.74) is 1.69. The molecule has 33 heavy (non-hydrogen) atoms. The zero-order valence-corrected chi connectivity index (χ0v) is 21.1. The van der Waals surface area contributed by atoms with Crippen molar-refractivity contribution < 1.29 is 26.4 Å².